The molecule has 1 heteroatoms. The molecule has 1 aliphatic carbocycles. The highest BCUT2D eigenvalue weighted by Gasteiger charge is 2.21. The molecule has 1 heterocycles. The van der Waals surface area contributed by atoms with Gasteiger partial charge in [-0.15, -0.1) is 11.3 Å². The normalized spacial score (nSPS) is 20.4. The third-order valence-electron chi connectivity index (χ3n) is 6.10. The molecule has 0 radical (unpaired) electrons. The van der Waals surface area contributed by atoms with Crippen LogP contribution in [0.3, 0.4) is 0 Å². The Morgan fingerprint density at radius 3 is 2.33 bits per heavy atom. The van der Waals surface area contributed by atoms with Crippen LogP contribution < -0.4 is 0 Å². The van der Waals surface area contributed by atoms with Gasteiger partial charge in [0.05, 0.1) is 0 Å². The van der Waals surface area contributed by atoms with E-state index < -0.39 is 0 Å². The summed E-state index contributed by atoms with van der Waals surface area (Å²) in [5.74, 6) is 1.78. The van der Waals surface area contributed by atoms with E-state index in [0.717, 1.165) is 11.8 Å². The lowest BCUT2D eigenvalue weighted by Crippen LogP contribution is -2.13. The van der Waals surface area contributed by atoms with E-state index in [1.807, 2.05) is 11.3 Å². The molecule has 1 fully saturated rings. The molecule has 0 N–H and O–H groups in total. The van der Waals surface area contributed by atoms with E-state index in [0.29, 0.717) is 0 Å². The van der Waals surface area contributed by atoms with Gasteiger partial charge in [-0.3, -0.25) is 0 Å². The van der Waals surface area contributed by atoms with Crippen molar-refractivity contribution >= 4 is 23.5 Å². The van der Waals surface area contributed by atoms with Gasteiger partial charge in [0.15, 0.2) is 0 Å². The van der Waals surface area contributed by atoms with Gasteiger partial charge >= 0.3 is 0 Å². The van der Waals surface area contributed by atoms with E-state index in [4.69, 9.17) is 0 Å². The van der Waals surface area contributed by atoms with Gasteiger partial charge in [-0.05, 0) is 79.7 Å². The van der Waals surface area contributed by atoms with Crippen molar-refractivity contribution in [1.82, 2.24) is 0 Å². The van der Waals surface area contributed by atoms with Crippen molar-refractivity contribution in [2.45, 2.75) is 84.0 Å². The highest BCUT2D eigenvalue weighted by molar-refractivity contribution is 7.12. The van der Waals surface area contributed by atoms with Gasteiger partial charge in [0, 0.05) is 9.75 Å². The molecule has 1 aromatic carbocycles. The van der Waals surface area contributed by atoms with Gasteiger partial charge in [0.25, 0.3) is 0 Å². The zero-order valence-electron chi connectivity index (χ0n) is 17.3. The largest absolute Gasteiger partial charge is 0.141 e. The number of thiophene rings is 1. The third-order valence-corrected chi connectivity index (χ3v) is 7.21. The lowest BCUT2D eigenvalue weighted by Gasteiger charge is -2.28. The summed E-state index contributed by atoms with van der Waals surface area (Å²) >= 11 is 1.95. The first-order valence-electron chi connectivity index (χ1n) is 11.1. The van der Waals surface area contributed by atoms with E-state index in [1.165, 1.54) is 79.5 Å². The lowest BCUT2D eigenvalue weighted by atomic mass is 9.77. The molecule has 0 aliphatic heterocycles. The quantitative estimate of drug-likeness (QED) is 0.381. The molecule has 0 unspecified atom stereocenters. The van der Waals surface area contributed by atoms with Crippen molar-refractivity contribution < 1.29 is 0 Å². The average Bonchev–Trinajstić information content (AvgIpc) is 3.16. The van der Waals surface area contributed by atoms with Crippen LogP contribution in [0.25, 0.3) is 12.2 Å². The van der Waals surface area contributed by atoms with Crippen molar-refractivity contribution in [3.05, 3.63) is 57.3 Å². The highest BCUT2D eigenvalue weighted by atomic mass is 32.1. The number of hydrogen-bond donors (Lipinski definition) is 0. The Balaban J connectivity index is 1.51. The Morgan fingerprint density at radius 2 is 1.63 bits per heavy atom. The Morgan fingerprint density at radius 1 is 0.852 bits per heavy atom. The van der Waals surface area contributed by atoms with Crippen molar-refractivity contribution in [1.29, 1.82) is 0 Å². The fraction of sp³-hybridized carbons (Fsp3) is 0.538. The minimum Gasteiger partial charge on any atom is -0.141 e. The van der Waals surface area contributed by atoms with Gasteiger partial charge < -0.3 is 0 Å². The highest BCUT2D eigenvalue weighted by Crippen LogP contribution is 2.37. The van der Waals surface area contributed by atoms with Crippen LogP contribution in [0.1, 0.15) is 98.4 Å². The predicted octanol–water partition coefficient (Wildman–Crippen LogP) is 8.73. The van der Waals surface area contributed by atoms with Crippen LogP contribution in [0, 0.1) is 5.92 Å². The zero-order valence-corrected chi connectivity index (χ0v) is 18.1. The molecular weight excluding hydrogens is 344 g/mol. The van der Waals surface area contributed by atoms with E-state index >= 15 is 0 Å². The molecule has 0 amide bonds. The summed E-state index contributed by atoms with van der Waals surface area (Å²) in [5, 5.41) is 0. The fourth-order valence-electron chi connectivity index (χ4n) is 4.42. The Bertz CT molecular complexity index is 683. The topological polar surface area (TPSA) is 0 Å². The first kappa shape index (κ1) is 20.4. The zero-order chi connectivity index (χ0) is 18.9. The maximum atomic E-state index is 2.37. The molecule has 2 aromatic rings. The number of unbranched alkanes of at least 4 members (excludes halogenated alkanes) is 2. The molecule has 146 valence electrons. The van der Waals surface area contributed by atoms with E-state index in [-0.39, 0.29) is 0 Å². The summed E-state index contributed by atoms with van der Waals surface area (Å²) in [6, 6.07) is 13.9. The van der Waals surface area contributed by atoms with Crippen LogP contribution in [0.2, 0.25) is 0 Å². The van der Waals surface area contributed by atoms with E-state index in [9.17, 15) is 0 Å². The number of aryl methyl sites for hydroxylation is 1. The summed E-state index contributed by atoms with van der Waals surface area (Å²) in [6.07, 6.45) is 18.2. The van der Waals surface area contributed by atoms with Crippen LogP contribution in [0.5, 0.6) is 0 Å². The van der Waals surface area contributed by atoms with Crippen molar-refractivity contribution in [2.75, 3.05) is 0 Å². The molecule has 0 spiro atoms. The van der Waals surface area contributed by atoms with Crippen molar-refractivity contribution in [2.24, 2.45) is 5.92 Å². The van der Waals surface area contributed by atoms with Crippen molar-refractivity contribution in [3.63, 3.8) is 0 Å². The van der Waals surface area contributed by atoms with E-state index in [1.54, 1.807) is 5.56 Å². The van der Waals surface area contributed by atoms with Gasteiger partial charge in [-0.25, -0.2) is 0 Å². The number of benzene rings is 1. The second kappa shape index (κ2) is 10.9. The van der Waals surface area contributed by atoms with Crippen LogP contribution in [-0.4, -0.2) is 0 Å². The average molecular weight is 381 g/mol. The first-order chi connectivity index (χ1) is 13.3. The monoisotopic (exact) mass is 380 g/mol. The Kier molecular flexibility index (Phi) is 8.20. The molecule has 1 aliphatic rings. The first-order valence-corrected chi connectivity index (χ1v) is 12.0. The summed E-state index contributed by atoms with van der Waals surface area (Å²) < 4.78 is 0. The predicted molar refractivity (Wildman–Crippen MR) is 123 cm³/mol. The molecule has 1 aromatic heterocycles. The molecule has 1 saturated carbocycles. The number of rotatable bonds is 9. The molecule has 27 heavy (non-hydrogen) atoms. The molecule has 0 saturated heterocycles. The number of hydrogen-bond acceptors (Lipinski definition) is 1. The molecule has 0 atom stereocenters. The Labute approximate surface area is 170 Å². The maximum absolute atomic E-state index is 2.37. The summed E-state index contributed by atoms with van der Waals surface area (Å²) in [4.78, 5) is 2.90. The molecule has 0 nitrogen and oxygen atoms in total. The van der Waals surface area contributed by atoms with E-state index in [2.05, 4.69) is 62.4 Å². The minimum absolute atomic E-state index is 0.791. The molecule has 0 bridgehead atoms. The SMILES string of the molecule is CCCCCc1ccc(C=Cc2ccc([C@H]3CC[C@H](CCC)CC3)cc2)s1. The van der Waals surface area contributed by atoms with Crippen LogP contribution in [-0.2, 0) is 6.42 Å². The smallest absolute Gasteiger partial charge is 0.0273 e. The maximum Gasteiger partial charge on any atom is 0.0273 e. The third kappa shape index (κ3) is 6.35. The molecular formula is C26H36S. The van der Waals surface area contributed by atoms with Gasteiger partial charge in [0.1, 0.15) is 0 Å². The summed E-state index contributed by atoms with van der Waals surface area (Å²) in [6.45, 7) is 4.59. The van der Waals surface area contributed by atoms with Crippen molar-refractivity contribution in [3.8, 4) is 0 Å². The van der Waals surface area contributed by atoms with Gasteiger partial charge in [-0.2, -0.15) is 0 Å². The van der Waals surface area contributed by atoms with Gasteiger partial charge in [0.2, 0.25) is 0 Å². The summed E-state index contributed by atoms with van der Waals surface area (Å²) in [7, 11) is 0. The second-order valence-corrected chi connectivity index (χ2v) is 9.47. The van der Waals surface area contributed by atoms with Gasteiger partial charge in [-0.1, -0.05) is 69.9 Å². The summed E-state index contributed by atoms with van der Waals surface area (Å²) in [5.41, 5.74) is 2.87. The van der Waals surface area contributed by atoms with Crippen LogP contribution in [0.4, 0.5) is 0 Å². The standard InChI is InChI=1S/C26H36S/c1-3-5-6-8-25-19-20-26(27-25)18-13-22-11-16-24(17-12-22)23-14-9-21(7-4-2)10-15-23/h11-13,16-21,23H,3-10,14-15H2,1-2H3/t21-,23-. The second-order valence-electron chi connectivity index (χ2n) is 8.27. The molecule has 3 rings (SSSR count). The fourth-order valence-corrected chi connectivity index (χ4v) is 5.38. The minimum atomic E-state index is 0.791. The Hall–Kier alpha value is -1.34. The van der Waals surface area contributed by atoms with Crippen LogP contribution >= 0.6 is 11.3 Å². The van der Waals surface area contributed by atoms with Crippen LogP contribution in [0.15, 0.2) is 36.4 Å². The lowest BCUT2D eigenvalue weighted by molar-refractivity contribution is 0.308.